The molecule has 88 valence electrons. The minimum atomic E-state index is 0.625. The summed E-state index contributed by atoms with van der Waals surface area (Å²) in [7, 11) is 0. The molecule has 0 aliphatic heterocycles. The Morgan fingerprint density at radius 1 is 1.62 bits per heavy atom. The van der Waals surface area contributed by atoms with Crippen molar-refractivity contribution in [3.63, 3.8) is 0 Å². The Labute approximate surface area is 101 Å². The fourth-order valence-electron chi connectivity index (χ4n) is 1.68. The zero-order valence-corrected chi connectivity index (χ0v) is 10.5. The summed E-state index contributed by atoms with van der Waals surface area (Å²) in [4.78, 5) is 6.66. The second-order valence-electron chi connectivity index (χ2n) is 4.23. The molecule has 0 unspecified atom stereocenters. The Morgan fingerprint density at radius 3 is 3.00 bits per heavy atom. The maximum Gasteiger partial charge on any atom is 0.191 e. The summed E-state index contributed by atoms with van der Waals surface area (Å²) in [5.41, 5.74) is 7.38. The van der Waals surface area contributed by atoms with Gasteiger partial charge in [-0.2, -0.15) is 11.3 Å². The first-order chi connectivity index (χ1) is 7.81. The molecule has 1 heterocycles. The predicted octanol–water partition coefficient (Wildman–Crippen LogP) is 2.44. The molecule has 16 heavy (non-hydrogen) atoms. The molecule has 3 nitrogen and oxygen atoms in total. The molecule has 4 heteroatoms. The summed E-state index contributed by atoms with van der Waals surface area (Å²) < 4.78 is 0. The van der Waals surface area contributed by atoms with Gasteiger partial charge in [-0.25, -0.2) is 0 Å². The summed E-state index contributed by atoms with van der Waals surface area (Å²) in [6.07, 6.45) is 3.57. The fraction of sp³-hybridized carbons (Fsp3) is 0.583. The first-order valence-corrected chi connectivity index (χ1v) is 6.83. The van der Waals surface area contributed by atoms with Crippen LogP contribution in [0.2, 0.25) is 0 Å². The molecule has 0 radical (unpaired) electrons. The lowest BCUT2D eigenvalue weighted by Gasteiger charge is -2.22. The first kappa shape index (κ1) is 11.5. The molecule has 1 saturated carbocycles. The Hall–Kier alpha value is -1.03. The fourth-order valence-corrected chi connectivity index (χ4v) is 2.34. The van der Waals surface area contributed by atoms with Crippen LogP contribution in [0.1, 0.15) is 31.7 Å². The summed E-state index contributed by atoms with van der Waals surface area (Å²) in [6, 6.07) is 2.79. The number of hydrogen-bond donors (Lipinski definition) is 1. The second-order valence-corrected chi connectivity index (χ2v) is 5.01. The second kappa shape index (κ2) is 5.34. The van der Waals surface area contributed by atoms with Crippen molar-refractivity contribution in [1.29, 1.82) is 0 Å². The Bertz CT molecular complexity index is 341. The van der Waals surface area contributed by atoms with Crippen molar-refractivity contribution in [3.8, 4) is 0 Å². The number of aliphatic imine (C=N–C) groups is 1. The number of nitrogens with two attached hydrogens (primary N) is 1. The van der Waals surface area contributed by atoms with Crippen LogP contribution in [-0.2, 0) is 6.54 Å². The molecule has 1 aliphatic rings. The SMILES string of the molecule is CCCN=C(N)N(Cc1ccsc1)C1CC1. The third-order valence-electron chi connectivity index (χ3n) is 2.71. The third-order valence-corrected chi connectivity index (χ3v) is 3.44. The quantitative estimate of drug-likeness (QED) is 0.631. The van der Waals surface area contributed by atoms with Gasteiger partial charge in [-0.3, -0.25) is 4.99 Å². The average Bonchev–Trinajstić information content (AvgIpc) is 3.00. The van der Waals surface area contributed by atoms with E-state index in [2.05, 4.69) is 33.6 Å². The summed E-state index contributed by atoms with van der Waals surface area (Å²) in [6.45, 7) is 3.86. The van der Waals surface area contributed by atoms with Gasteiger partial charge in [0.25, 0.3) is 0 Å². The van der Waals surface area contributed by atoms with E-state index in [0.717, 1.165) is 25.5 Å². The van der Waals surface area contributed by atoms with Gasteiger partial charge in [-0.15, -0.1) is 0 Å². The van der Waals surface area contributed by atoms with Gasteiger partial charge in [0.05, 0.1) is 0 Å². The predicted molar refractivity (Wildman–Crippen MR) is 69.7 cm³/mol. The first-order valence-electron chi connectivity index (χ1n) is 5.89. The van der Waals surface area contributed by atoms with Crippen LogP contribution in [-0.4, -0.2) is 23.4 Å². The summed E-state index contributed by atoms with van der Waals surface area (Å²) >= 11 is 1.74. The molecule has 0 bridgehead atoms. The highest BCUT2D eigenvalue weighted by molar-refractivity contribution is 7.07. The lowest BCUT2D eigenvalue weighted by Crippen LogP contribution is -2.38. The van der Waals surface area contributed by atoms with Gasteiger partial charge in [0, 0.05) is 19.1 Å². The topological polar surface area (TPSA) is 41.6 Å². The molecule has 2 N–H and O–H groups in total. The van der Waals surface area contributed by atoms with E-state index >= 15 is 0 Å². The molecule has 1 aromatic heterocycles. The number of thiophene rings is 1. The molecule has 1 aromatic rings. The van der Waals surface area contributed by atoms with Crippen molar-refractivity contribution in [3.05, 3.63) is 22.4 Å². The van der Waals surface area contributed by atoms with E-state index in [1.165, 1.54) is 18.4 Å². The van der Waals surface area contributed by atoms with Crippen molar-refractivity contribution in [2.45, 2.75) is 38.8 Å². The van der Waals surface area contributed by atoms with E-state index in [1.807, 2.05) is 0 Å². The van der Waals surface area contributed by atoms with E-state index in [4.69, 9.17) is 5.73 Å². The highest BCUT2D eigenvalue weighted by atomic mass is 32.1. The van der Waals surface area contributed by atoms with Gasteiger partial charge in [-0.1, -0.05) is 6.92 Å². The molecule has 1 fully saturated rings. The summed E-state index contributed by atoms with van der Waals surface area (Å²) in [5, 5.41) is 4.29. The van der Waals surface area contributed by atoms with E-state index in [0.29, 0.717) is 6.04 Å². The monoisotopic (exact) mass is 237 g/mol. The maximum absolute atomic E-state index is 6.04. The number of nitrogens with zero attached hydrogens (tertiary/aromatic N) is 2. The zero-order chi connectivity index (χ0) is 11.4. The number of guanidine groups is 1. The Balaban J connectivity index is 1.99. The third kappa shape index (κ3) is 2.98. The lowest BCUT2D eigenvalue weighted by atomic mass is 10.3. The van der Waals surface area contributed by atoms with Gasteiger partial charge >= 0.3 is 0 Å². The minimum absolute atomic E-state index is 0.625. The molecule has 0 saturated heterocycles. The van der Waals surface area contributed by atoms with Crippen LogP contribution >= 0.6 is 11.3 Å². The number of hydrogen-bond acceptors (Lipinski definition) is 2. The largest absolute Gasteiger partial charge is 0.370 e. The number of rotatable bonds is 5. The Kier molecular flexibility index (Phi) is 3.83. The molecule has 0 spiro atoms. The molecule has 0 atom stereocenters. The van der Waals surface area contributed by atoms with Crippen LogP contribution in [0.5, 0.6) is 0 Å². The lowest BCUT2D eigenvalue weighted by molar-refractivity contribution is 0.397. The van der Waals surface area contributed by atoms with Crippen LogP contribution in [0.3, 0.4) is 0 Å². The van der Waals surface area contributed by atoms with Crippen LogP contribution in [0.25, 0.3) is 0 Å². The van der Waals surface area contributed by atoms with Gasteiger partial charge in [0.2, 0.25) is 0 Å². The van der Waals surface area contributed by atoms with Gasteiger partial charge < -0.3 is 10.6 Å². The van der Waals surface area contributed by atoms with Gasteiger partial charge in [0.1, 0.15) is 0 Å². The smallest absolute Gasteiger partial charge is 0.191 e. The molecule has 0 aromatic carbocycles. The van der Waals surface area contributed by atoms with E-state index in [9.17, 15) is 0 Å². The van der Waals surface area contributed by atoms with Crippen molar-refractivity contribution in [1.82, 2.24) is 4.90 Å². The van der Waals surface area contributed by atoms with Crippen LogP contribution in [0.4, 0.5) is 0 Å². The normalized spacial score (nSPS) is 16.4. The van der Waals surface area contributed by atoms with Crippen molar-refractivity contribution in [2.24, 2.45) is 10.7 Å². The summed E-state index contributed by atoms with van der Waals surface area (Å²) in [5.74, 6) is 0.718. The molecule has 1 aliphatic carbocycles. The van der Waals surface area contributed by atoms with Crippen LogP contribution in [0.15, 0.2) is 21.8 Å². The molecular weight excluding hydrogens is 218 g/mol. The van der Waals surface area contributed by atoms with E-state index in [-0.39, 0.29) is 0 Å². The van der Waals surface area contributed by atoms with Crippen molar-refractivity contribution < 1.29 is 0 Å². The zero-order valence-electron chi connectivity index (χ0n) is 9.72. The Morgan fingerprint density at radius 2 is 2.44 bits per heavy atom. The average molecular weight is 237 g/mol. The molecular formula is C12H19N3S. The highest BCUT2D eigenvalue weighted by Crippen LogP contribution is 2.28. The van der Waals surface area contributed by atoms with Crippen LogP contribution < -0.4 is 5.73 Å². The van der Waals surface area contributed by atoms with Crippen LogP contribution in [0, 0.1) is 0 Å². The minimum Gasteiger partial charge on any atom is -0.370 e. The van der Waals surface area contributed by atoms with E-state index in [1.54, 1.807) is 11.3 Å². The van der Waals surface area contributed by atoms with Crippen molar-refractivity contribution in [2.75, 3.05) is 6.54 Å². The molecule has 0 amide bonds. The van der Waals surface area contributed by atoms with Gasteiger partial charge in [0.15, 0.2) is 5.96 Å². The van der Waals surface area contributed by atoms with Gasteiger partial charge in [-0.05, 0) is 41.7 Å². The molecule has 2 rings (SSSR count). The maximum atomic E-state index is 6.04. The van der Waals surface area contributed by atoms with Crippen molar-refractivity contribution >= 4 is 17.3 Å². The highest BCUT2D eigenvalue weighted by Gasteiger charge is 2.30. The van der Waals surface area contributed by atoms with E-state index < -0.39 is 0 Å². The standard InChI is InChI=1S/C12H19N3S/c1-2-6-14-12(13)15(11-3-4-11)8-10-5-7-16-9-10/h5,7,9,11H,2-4,6,8H2,1H3,(H2,13,14).